The predicted molar refractivity (Wildman–Crippen MR) is 116 cm³/mol. The number of aliphatic hydroxyl groups is 2. The molecule has 0 radical (unpaired) electrons. The summed E-state index contributed by atoms with van der Waals surface area (Å²) in [6.45, 7) is 3.78. The van der Waals surface area contributed by atoms with Crippen molar-refractivity contribution in [3.8, 4) is 16.9 Å². The Morgan fingerprint density at radius 3 is 2.74 bits per heavy atom. The van der Waals surface area contributed by atoms with Crippen LogP contribution >= 0.6 is 0 Å². The highest BCUT2D eigenvalue weighted by Gasteiger charge is 2.39. The molecule has 0 unspecified atom stereocenters. The van der Waals surface area contributed by atoms with E-state index in [0.717, 1.165) is 33.3 Å². The molecule has 2 aromatic heterocycles. The minimum Gasteiger partial charge on any atom is -0.491 e. The molecular formula is C24H23N3O4. The van der Waals surface area contributed by atoms with Gasteiger partial charge in [0.25, 0.3) is 0 Å². The van der Waals surface area contributed by atoms with Gasteiger partial charge in [0.15, 0.2) is 5.78 Å². The van der Waals surface area contributed by atoms with Crippen molar-refractivity contribution in [2.24, 2.45) is 0 Å². The van der Waals surface area contributed by atoms with Crippen LogP contribution in [0.5, 0.6) is 5.75 Å². The topological polar surface area (TPSA) is 111 Å². The Balaban J connectivity index is 1.60. The van der Waals surface area contributed by atoms with E-state index in [1.165, 1.54) is 0 Å². The standard InChI is InChI=1S/C24H23N3O4/c1-24(2)19-8-16(31-12-15(29)11-28)4-6-17(19)22(30)21-18-5-3-13(14-9-25-26-10-14)7-20(18)27-23(21)24/h3-10,15,27-29H,11-12H2,1-2H3,(H,25,26)/t15-/m0/s1. The van der Waals surface area contributed by atoms with Crippen LogP contribution in [-0.4, -0.2) is 50.5 Å². The van der Waals surface area contributed by atoms with Crippen LogP contribution in [0.15, 0.2) is 48.8 Å². The van der Waals surface area contributed by atoms with Crippen LogP contribution in [0.1, 0.15) is 41.0 Å². The molecule has 4 aromatic rings. The van der Waals surface area contributed by atoms with E-state index in [1.807, 2.05) is 30.5 Å². The van der Waals surface area contributed by atoms with Gasteiger partial charge in [0, 0.05) is 39.3 Å². The Morgan fingerprint density at radius 1 is 1.16 bits per heavy atom. The van der Waals surface area contributed by atoms with Gasteiger partial charge in [-0.15, -0.1) is 0 Å². The molecule has 2 aromatic carbocycles. The fraction of sp³-hybridized carbons (Fsp3) is 0.250. The predicted octanol–water partition coefficient (Wildman–Crippen LogP) is 3.16. The highest BCUT2D eigenvalue weighted by Crippen LogP contribution is 2.45. The van der Waals surface area contributed by atoms with Gasteiger partial charge in [-0.2, -0.15) is 5.10 Å². The number of carbonyl (C=O) groups excluding carboxylic acids is 1. The zero-order chi connectivity index (χ0) is 21.8. The van der Waals surface area contributed by atoms with Gasteiger partial charge >= 0.3 is 0 Å². The third-order valence-corrected chi connectivity index (χ3v) is 6.04. The number of aliphatic hydroxyl groups excluding tert-OH is 2. The van der Waals surface area contributed by atoms with Crippen molar-refractivity contribution in [1.29, 1.82) is 0 Å². The van der Waals surface area contributed by atoms with Crippen LogP contribution in [-0.2, 0) is 5.41 Å². The second-order valence-electron chi connectivity index (χ2n) is 8.43. The number of fused-ring (bicyclic) bond motifs is 4. The molecule has 0 fully saturated rings. The molecule has 0 saturated heterocycles. The average Bonchev–Trinajstić information content (AvgIpc) is 3.44. The van der Waals surface area contributed by atoms with E-state index in [-0.39, 0.29) is 19.0 Å². The van der Waals surface area contributed by atoms with Crippen molar-refractivity contribution in [2.75, 3.05) is 13.2 Å². The van der Waals surface area contributed by atoms with Crippen molar-refractivity contribution in [1.82, 2.24) is 15.2 Å². The van der Waals surface area contributed by atoms with Gasteiger partial charge in [-0.25, -0.2) is 0 Å². The van der Waals surface area contributed by atoms with Crippen LogP contribution < -0.4 is 4.74 Å². The zero-order valence-electron chi connectivity index (χ0n) is 17.3. The van der Waals surface area contributed by atoms with Crippen LogP contribution in [0.2, 0.25) is 0 Å². The van der Waals surface area contributed by atoms with Crippen molar-refractivity contribution in [3.63, 3.8) is 0 Å². The van der Waals surface area contributed by atoms with Crippen molar-refractivity contribution < 1.29 is 19.7 Å². The summed E-state index contributed by atoms with van der Waals surface area (Å²) in [5.74, 6) is 0.530. The number of hydrogen-bond donors (Lipinski definition) is 4. The molecule has 1 aliphatic carbocycles. The lowest BCUT2D eigenvalue weighted by Crippen LogP contribution is -2.30. The van der Waals surface area contributed by atoms with E-state index < -0.39 is 11.5 Å². The molecule has 0 aliphatic heterocycles. The van der Waals surface area contributed by atoms with Crippen LogP contribution in [0.4, 0.5) is 0 Å². The third-order valence-electron chi connectivity index (χ3n) is 6.04. The molecule has 0 saturated carbocycles. The maximum Gasteiger partial charge on any atom is 0.195 e. The first-order chi connectivity index (χ1) is 14.9. The second kappa shape index (κ2) is 7.08. The zero-order valence-corrected chi connectivity index (χ0v) is 17.3. The van der Waals surface area contributed by atoms with Crippen molar-refractivity contribution in [3.05, 3.63) is 71.2 Å². The Hall–Kier alpha value is -3.42. The van der Waals surface area contributed by atoms with Gasteiger partial charge in [0.2, 0.25) is 0 Å². The fourth-order valence-corrected chi connectivity index (χ4v) is 4.33. The number of hydrogen-bond acceptors (Lipinski definition) is 5. The summed E-state index contributed by atoms with van der Waals surface area (Å²) < 4.78 is 5.62. The number of aromatic amines is 2. The Labute approximate surface area is 178 Å². The SMILES string of the molecule is CC1(C)c2cc(OC[C@@H](O)CO)ccc2C(=O)c2c1[nH]c1cc(-c3cn[nH]c3)ccc21. The van der Waals surface area contributed by atoms with Gasteiger partial charge in [0.1, 0.15) is 18.5 Å². The number of nitrogens with one attached hydrogen (secondary N) is 2. The van der Waals surface area contributed by atoms with Crippen LogP contribution in [0.3, 0.4) is 0 Å². The van der Waals surface area contributed by atoms with Crippen LogP contribution in [0, 0.1) is 0 Å². The Kier molecular flexibility index (Phi) is 4.46. The Morgan fingerprint density at radius 2 is 2.00 bits per heavy atom. The normalized spacial score (nSPS) is 15.5. The number of ether oxygens (including phenoxy) is 1. The van der Waals surface area contributed by atoms with E-state index in [0.29, 0.717) is 16.9 Å². The molecule has 7 nitrogen and oxygen atoms in total. The monoisotopic (exact) mass is 417 g/mol. The number of aromatic nitrogens is 3. The van der Waals surface area contributed by atoms with Gasteiger partial charge in [-0.1, -0.05) is 26.0 Å². The number of rotatable bonds is 5. The molecule has 31 heavy (non-hydrogen) atoms. The van der Waals surface area contributed by atoms with E-state index in [1.54, 1.807) is 18.3 Å². The van der Waals surface area contributed by atoms with Crippen molar-refractivity contribution >= 4 is 16.7 Å². The van der Waals surface area contributed by atoms with Gasteiger partial charge < -0.3 is 19.9 Å². The molecule has 4 N–H and O–H groups in total. The van der Waals surface area contributed by atoms with Gasteiger partial charge in [-0.3, -0.25) is 9.89 Å². The summed E-state index contributed by atoms with van der Waals surface area (Å²) in [5.41, 5.74) is 5.53. The molecule has 0 bridgehead atoms. The summed E-state index contributed by atoms with van der Waals surface area (Å²) in [4.78, 5) is 17.0. The summed E-state index contributed by atoms with van der Waals surface area (Å²) in [5, 5.41) is 26.3. The van der Waals surface area contributed by atoms with Gasteiger partial charge in [0.05, 0.1) is 18.4 Å². The quantitative estimate of drug-likeness (QED) is 0.399. The van der Waals surface area contributed by atoms with E-state index in [2.05, 4.69) is 29.0 Å². The lowest BCUT2D eigenvalue weighted by molar-refractivity contribution is 0.0535. The Bertz CT molecular complexity index is 1290. The fourth-order valence-electron chi connectivity index (χ4n) is 4.33. The third kappa shape index (κ3) is 3.05. The first-order valence-electron chi connectivity index (χ1n) is 10.2. The summed E-state index contributed by atoms with van der Waals surface area (Å²) >= 11 is 0. The number of nitrogens with zero attached hydrogens (tertiary/aromatic N) is 1. The number of ketones is 1. The summed E-state index contributed by atoms with van der Waals surface area (Å²) in [6, 6.07) is 11.4. The first kappa shape index (κ1) is 19.5. The molecule has 5 rings (SSSR count). The number of H-pyrrole nitrogens is 2. The highest BCUT2D eigenvalue weighted by atomic mass is 16.5. The van der Waals surface area contributed by atoms with Gasteiger partial charge in [-0.05, 0) is 35.4 Å². The molecular weight excluding hydrogens is 394 g/mol. The number of benzene rings is 2. The second-order valence-corrected chi connectivity index (χ2v) is 8.43. The van der Waals surface area contributed by atoms with E-state index in [4.69, 9.17) is 9.84 Å². The molecule has 7 heteroatoms. The lowest BCUT2D eigenvalue weighted by Gasteiger charge is -2.32. The summed E-state index contributed by atoms with van der Waals surface area (Å²) in [7, 11) is 0. The highest BCUT2D eigenvalue weighted by molar-refractivity contribution is 6.20. The smallest absolute Gasteiger partial charge is 0.195 e. The van der Waals surface area contributed by atoms with Crippen LogP contribution in [0.25, 0.3) is 22.0 Å². The average molecular weight is 417 g/mol. The maximum absolute atomic E-state index is 13.5. The molecule has 0 spiro atoms. The van der Waals surface area contributed by atoms with Crippen molar-refractivity contribution in [2.45, 2.75) is 25.4 Å². The molecule has 1 atom stereocenters. The largest absolute Gasteiger partial charge is 0.491 e. The maximum atomic E-state index is 13.5. The lowest BCUT2D eigenvalue weighted by atomic mass is 9.71. The van der Waals surface area contributed by atoms with E-state index in [9.17, 15) is 9.90 Å². The van der Waals surface area contributed by atoms with E-state index >= 15 is 0 Å². The number of carbonyl (C=O) groups is 1. The summed E-state index contributed by atoms with van der Waals surface area (Å²) in [6.07, 6.45) is 2.66. The molecule has 0 amide bonds. The minimum atomic E-state index is -0.949. The first-order valence-corrected chi connectivity index (χ1v) is 10.2. The molecule has 2 heterocycles. The minimum absolute atomic E-state index is 0.0158. The molecule has 158 valence electrons. The molecule has 1 aliphatic rings.